The molecule has 1 aliphatic carbocycles. The van der Waals surface area contributed by atoms with E-state index in [0.29, 0.717) is 12.8 Å². The summed E-state index contributed by atoms with van der Waals surface area (Å²) in [6.45, 7) is 0. The standard InChI is InChI=1S/C16H23NO4S/c1-17(13-7-5-9-15(13)22(2,20)21)16(19)11-10-12-6-3-4-8-14(12)18/h3-4,6,8,13,15,18H,5,7,9-11H2,1-2H3/t13-,15-/m0/s1. The van der Waals surface area contributed by atoms with Crippen LogP contribution in [0.15, 0.2) is 24.3 Å². The van der Waals surface area contributed by atoms with Crippen LogP contribution in [0.3, 0.4) is 0 Å². The Kier molecular flexibility index (Phi) is 5.11. The molecule has 2 atom stereocenters. The molecule has 1 fully saturated rings. The second kappa shape index (κ2) is 6.69. The average Bonchev–Trinajstić information content (AvgIpc) is 2.94. The number of hydrogen-bond donors (Lipinski definition) is 1. The van der Waals surface area contributed by atoms with Crippen molar-refractivity contribution < 1.29 is 18.3 Å². The highest BCUT2D eigenvalue weighted by atomic mass is 32.2. The molecule has 0 aromatic heterocycles. The highest BCUT2D eigenvalue weighted by Gasteiger charge is 2.38. The number of benzene rings is 1. The molecular formula is C16H23NO4S. The van der Waals surface area contributed by atoms with Gasteiger partial charge in [-0.2, -0.15) is 0 Å². The number of sulfone groups is 1. The molecule has 1 saturated carbocycles. The van der Waals surface area contributed by atoms with Crippen molar-refractivity contribution in [3.8, 4) is 5.75 Å². The topological polar surface area (TPSA) is 74.7 Å². The van der Waals surface area contributed by atoms with Gasteiger partial charge < -0.3 is 10.0 Å². The summed E-state index contributed by atoms with van der Waals surface area (Å²) in [6.07, 6.45) is 4.15. The van der Waals surface area contributed by atoms with Gasteiger partial charge in [-0.05, 0) is 37.3 Å². The maximum atomic E-state index is 12.3. The Bertz CT molecular complexity index is 641. The third kappa shape index (κ3) is 3.80. The Morgan fingerprint density at radius 2 is 2.00 bits per heavy atom. The molecule has 0 spiro atoms. The van der Waals surface area contributed by atoms with Gasteiger partial charge in [0.2, 0.25) is 5.91 Å². The van der Waals surface area contributed by atoms with Crippen LogP contribution in [0.4, 0.5) is 0 Å². The van der Waals surface area contributed by atoms with E-state index in [1.54, 1.807) is 30.1 Å². The summed E-state index contributed by atoms with van der Waals surface area (Å²) in [6, 6.07) is 6.71. The molecule has 22 heavy (non-hydrogen) atoms. The van der Waals surface area contributed by atoms with E-state index in [4.69, 9.17) is 0 Å². The number of amides is 1. The first-order chi connectivity index (χ1) is 10.3. The normalized spacial score (nSPS) is 21.7. The van der Waals surface area contributed by atoms with Gasteiger partial charge >= 0.3 is 0 Å². The van der Waals surface area contributed by atoms with E-state index in [1.807, 2.05) is 6.07 Å². The van der Waals surface area contributed by atoms with Crippen molar-refractivity contribution in [1.29, 1.82) is 0 Å². The summed E-state index contributed by atoms with van der Waals surface area (Å²) < 4.78 is 23.6. The first-order valence-electron chi connectivity index (χ1n) is 7.52. The van der Waals surface area contributed by atoms with Crippen molar-refractivity contribution in [3.63, 3.8) is 0 Å². The van der Waals surface area contributed by atoms with E-state index in [-0.39, 0.29) is 24.1 Å². The molecule has 1 aromatic rings. The molecule has 0 radical (unpaired) electrons. The van der Waals surface area contributed by atoms with Gasteiger partial charge in [0, 0.05) is 25.8 Å². The van der Waals surface area contributed by atoms with E-state index >= 15 is 0 Å². The van der Waals surface area contributed by atoms with Crippen LogP contribution in [0.2, 0.25) is 0 Å². The molecule has 6 heteroatoms. The second-order valence-electron chi connectivity index (χ2n) is 6.00. The van der Waals surface area contributed by atoms with Gasteiger partial charge in [0.05, 0.1) is 5.25 Å². The summed E-state index contributed by atoms with van der Waals surface area (Å²) in [5.41, 5.74) is 0.732. The van der Waals surface area contributed by atoms with Gasteiger partial charge in [-0.3, -0.25) is 4.79 Å². The molecule has 1 amide bonds. The molecule has 0 aliphatic heterocycles. The van der Waals surface area contributed by atoms with Crippen LogP contribution < -0.4 is 0 Å². The molecule has 0 unspecified atom stereocenters. The Balaban J connectivity index is 1.99. The summed E-state index contributed by atoms with van der Waals surface area (Å²) in [4.78, 5) is 13.9. The van der Waals surface area contributed by atoms with Gasteiger partial charge in [0.25, 0.3) is 0 Å². The number of hydrogen-bond acceptors (Lipinski definition) is 4. The highest BCUT2D eigenvalue weighted by molar-refractivity contribution is 7.91. The number of para-hydroxylation sites is 1. The smallest absolute Gasteiger partial charge is 0.222 e. The van der Waals surface area contributed by atoms with E-state index in [2.05, 4.69) is 0 Å². The lowest BCUT2D eigenvalue weighted by atomic mass is 10.1. The van der Waals surface area contributed by atoms with Crippen LogP contribution >= 0.6 is 0 Å². The van der Waals surface area contributed by atoms with Crippen LogP contribution in [-0.4, -0.2) is 48.9 Å². The zero-order valence-corrected chi connectivity index (χ0v) is 13.8. The number of nitrogens with zero attached hydrogens (tertiary/aromatic N) is 1. The number of phenolic OH excluding ortho intramolecular Hbond substituents is 1. The van der Waals surface area contributed by atoms with E-state index in [9.17, 15) is 18.3 Å². The summed E-state index contributed by atoms with van der Waals surface area (Å²) in [5.74, 6) is 0.108. The number of carbonyl (C=O) groups is 1. The predicted molar refractivity (Wildman–Crippen MR) is 85.5 cm³/mol. The number of aryl methyl sites for hydroxylation is 1. The van der Waals surface area contributed by atoms with Gasteiger partial charge in [-0.15, -0.1) is 0 Å². The van der Waals surface area contributed by atoms with Crippen LogP contribution in [-0.2, 0) is 21.1 Å². The van der Waals surface area contributed by atoms with Crippen molar-refractivity contribution in [3.05, 3.63) is 29.8 Å². The number of aromatic hydroxyl groups is 1. The zero-order valence-electron chi connectivity index (χ0n) is 13.0. The van der Waals surface area contributed by atoms with Crippen LogP contribution in [0, 0.1) is 0 Å². The Morgan fingerprint density at radius 3 is 2.64 bits per heavy atom. The maximum absolute atomic E-state index is 12.3. The number of carbonyl (C=O) groups excluding carboxylic acids is 1. The fourth-order valence-corrected chi connectivity index (χ4v) is 4.66. The summed E-state index contributed by atoms with van der Waals surface area (Å²) >= 11 is 0. The molecule has 5 nitrogen and oxygen atoms in total. The van der Waals surface area contributed by atoms with Crippen LogP contribution in [0.5, 0.6) is 5.75 Å². The molecule has 0 heterocycles. The predicted octanol–water partition coefficient (Wildman–Crippen LogP) is 1.75. The summed E-state index contributed by atoms with van der Waals surface area (Å²) in [7, 11) is -1.46. The minimum atomic E-state index is -3.14. The number of phenols is 1. The van der Waals surface area contributed by atoms with Crippen molar-refractivity contribution in [2.24, 2.45) is 0 Å². The average molecular weight is 325 g/mol. The first-order valence-corrected chi connectivity index (χ1v) is 9.47. The fourth-order valence-electron chi connectivity index (χ4n) is 3.17. The molecule has 1 N–H and O–H groups in total. The Morgan fingerprint density at radius 1 is 1.32 bits per heavy atom. The van der Waals surface area contributed by atoms with Crippen LogP contribution in [0.1, 0.15) is 31.2 Å². The van der Waals surface area contributed by atoms with Crippen molar-refractivity contribution in [1.82, 2.24) is 4.90 Å². The van der Waals surface area contributed by atoms with E-state index in [0.717, 1.165) is 18.4 Å². The van der Waals surface area contributed by atoms with Crippen molar-refractivity contribution in [2.45, 2.75) is 43.4 Å². The van der Waals surface area contributed by atoms with Crippen molar-refractivity contribution in [2.75, 3.05) is 13.3 Å². The van der Waals surface area contributed by atoms with Crippen LogP contribution in [0.25, 0.3) is 0 Å². The van der Waals surface area contributed by atoms with Gasteiger partial charge in [0.1, 0.15) is 5.75 Å². The third-order valence-electron chi connectivity index (χ3n) is 4.46. The molecule has 122 valence electrons. The van der Waals surface area contributed by atoms with Gasteiger partial charge in [0.15, 0.2) is 9.84 Å². The largest absolute Gasteiger partial charge is 0.508 e. The maximum Gasteiger partial charge on any atom is 0.222 e. The zero-order chi connectivity index (χ0) is 16.3. The molecular weight excluding hydrogens is 302 g/mol. The first kappa shape index (κ1) is 16.8. The molecule has 1 aliphatic rings. The molecule has 0 bridgehead atoms. The second-order valence-corrected chi connectivity index (χ2v) is 8.26. The molecule has 0 saturated heterocycles. The quantitative estimate of drug-likeness (QED) is 0.895. The Hall–Kier alpha value is -1.56. The minimum absolute atomic E-state index is 0.0798. The lowest BCUT2D eigenvalue weighted by Gasteiger charge is -2.29. The number of rotatable bonds is 5. The SMILES string of the molecule is CN(C(=O)CCc1ccccc1O)[C@H]1CCC[C@@H]1S(C)(=O)=O. The van der Waals surface area contributed by atoms with Gasteiger partial charge in [-0.25, -0.2) is 8.42 Å². The monoisotopic (exact) mass is 325 g/mol. The fraction of sp³-hybridized carbons (Fsp3) is 0.562. The van der Waals surface area contributed by atoms with Crippen molar-refractivity contribution >= 4 is 15.7 Å². The Labute approximate surface area is 131 Å². The molecule has 1 aromatic carbocycles. The molecule has 2 rings (SSSR count). The minimum Gasteiger partial charge on any atom is -0.508 e. The van der Waals surface area contributed by atoms with E-state index in [1.165, 1.54) is 6.26 Å². The third-order valence-corrected chi connectivity index (χ3v) is 6.11. The summed E-state index contributed by atoms with van der Waals surface area (Å²) in [5, 5.41) is 9.27. The van der Waals surface area contributed by atoms with Gasteiger partial charge in [-0.1, -0.05) is 18.2 Å². The lowest BCUT2D eigenvalue weighted by molar-refractivity contribution is -0.131. The van der Waals surface area contributed by atoms with E-state index < -0.39 is 15.1 Å². The highest BCUT2D eigenvalue weighted by Crippen LogP contribution is 2.29. The lowest BCUT2D eigenvalue weighted by Crippen LogP contribution is -2.44.